The number of carbonyl (C=O) groups excluding carboxylic acids is 1. The number of alkyl halides is 3. The molecule has 10 nitrogen and oxygen atoms in total. The molecule has 1 amide bonds. The Morgan fingerprint density at radius 1 is 1.13 bits per heavy atom. The molecule has 1 fully saturated rings. The van der Waals surface area contributed by atoms with Crippen LogP contribution in [0, 0.1) is 0 Å². The van der Waals surface area contributed by atoms with E-state index in [2.05, 4.69) is 30.6 Å². The number of hydrogen-bond acceptors (Lipinski definition) is 7. The summed E-state index contributed by atoms with van der Waals surface area (Å²) in [7, 11) is 0. The number of aromatic amines is 1. The first kappa shape index (κ1) is 25.2. The summed E-state index contributed by atoms with van der Waals surface area (Å²) >= 11 is 0. The van der Waals surface area contributed by atoms with Gasteiger partial charge >= 0.3 is 6.36 Å². The molecular weight excluding hydrogens is 503 g/mol. The lowest BCUT2D eigenvalue weighted by Crippen LogP contribution is -2.32. The minimum atomic E-state index is -4.75. The average Bonchev–Trinajstić information content (AvgIpc) is 3.61. The molecule has 0 spiro atoms. The molecule has 0 bridgehead atoms. The second-order valence-electron chi connectivity index (χ2n) is 8.93. The van der Waals surface area contributed by atoms with Gasteiger partial charge in [0.2, 0.25) is 5.95 Å². The van der Waals surface area contributed by atoms with Crippen LogP contribution in [0.3, 0.4) is 0 Å². The van der Waals surface area contributed by atoms with E-state index in [0.717, 1.165) is 31.2 Å². The van der Waals surface area contributed by atoms with Gasteiger partial charge in [0.1, 0.15) is 29.5 Å². The second kappa shape index (κ2) is 10.5. The molecule has 200 valence electrons. The van der Waals surface area contributed by atoms with Gasteiger partial charge in [0, 0.05) is 11.7 Å². The number of H-pyrrole nitrogens is 1. The summed E-state index contributed by atoms with van der Waals surface area (Å²) in [5, 5.41) is 13.1. The van der Waals surface area contributed by atoms with Gasteiger partial charge < -0.3 is 30.4 Å². The van der Waals surface area contributed by atoms with Crippen molar-refractivity contribution in [2.24, 2.45) is 0 Å². The summed E-state index contributed by atoms with van der Waals surface area (Å²) in [6.45, 7) is 0.532. The van der Waals surface area contributed by atoms with Gasteiger partial charge in [0.25, 0.3) is 5.91 Å². The third-order valence-electron chi connectivity index (χ3n) is 6.26. The van der Waals surface area contributed by atoms with Crippen molar-refractivity contribution in [3.8, 4) is 11.5 Å². The van der Waals surface area contributed by atoms with E-state index in [1.165, 1.54) is 30.5 Å². The van der Waals surface area contributed by atoms with Crippen LogP contribution in [0.15, 0.2) is 48.7 Å². The predicted octanol–water partition coefficient (Wildman–Crippen LogP) is 4.74. The highest BCUT2D eigenvalue weighted by Gasteiger charge is 2.31. The Bertz CT molecular complexity index is 1410. The fraction of sp³-hybridized carbons (Fsp3) is 0.320. The summed E-state index contributed by atoms with van der Waals surface area (Å²) in [5.41, 5.74) is 8.65. The van der Waals surface area contributed by atoms with Crippen LogP contribution in [0.5, 0.6) is 11.5 Å². The lowest BCUT2D eigenvalue weighted by molar-refractivity contribution is -0.274. The molecule has 38 heavy (non-hydrogen) atoms. The van der Waals surface area contributed by atoms with E-state index < -0.39 is 6.36 Å². The number of anilines is 3. The van der Waals surface area contributed by atoms with Crippen LogP contribution in [0.4, 0.5) is 30.6 Å². The molecule has 0 radical (unpaired) electrons. The third kappa shape index (κ3) is 5.93. The van der Waals surface area contributed by atoms with Gasteiger partial charge in [-0.05, 0) is 55.3 Å². The van der Waals surface area contributed by atoms with Crippen molar-refractivity contribution in [1.29, 1.82) is 0 Å². The smallest absolute Gasteiger partial charge is 0.492 e. The number of nitrogen functional groups attached to an aromatic ring is 1. The summed E-state index contributed by atoms with van der Waals surface area (Å²) in [6, 6.07) is 10.8. The topological polar surface area (TPSA) is 132 Å². The number of amides is 1. The van der Waals surface area contributed by atoms with E-state index in [0.29, 0.717) is 34.9 Å². The van der Waals surface area contributed by atoms with Crippen molar-refractivity contribution in [1.82, 2.24) is 25.1 Å². The summed E-state index contributed by atoms with van der Waals surface area (Å²) < 4.78 is 48.3. The highest BCUT2D eigenvalue weighted by molar-refractivity contribution is 5.99. The van der Waals surface area contributed by atoms with Gasteiger partial charge in [-0.25, -0.2) is 4.98 Å². The molecule has 1 aliphatic rings. The molecule has 1 aliphatic carbocycles. The standard InChI is InChI=1S/C25H26F3N7O3/c26-25(27,28)38-18-8-6-17(7-9-18)37-12-11-35-21-13-16(5-10-20(21)33-24(35)29)31-22-19(14-30-34-22)23(36)32-15-3-1-2-4-15/h5-10,13-15H,1-4,11-12H2,(H2,29,33)(H,32,36)(H2,30,31,34). The fourth-order valence-corrected chi connectivity index (χ4v) is 4.48. The monoisotopic (exact) mass is 529 g/mol. The number of rotatable bonds is 9. The number of benzene rings is 2. The van der Waals surface area contributed by atoms with Crippen LogP contribution in [0.1, 0.15) is 36.0 Å². The molecule has 5 rings (SSSR count). The van der Waals surface area contributed by atoms with Crippen LogP contribution < -0.4 is 25.8 Å². The average molecular weight is 530 g/mol. The first-order chi connectivity index (χ1) is 18.2. The Kier molecular flexibility index (Phi) is 6.99. The Balaban J connectivity index is 1.25. The van der Waals surface area contributed by atoms with Crippen molar-refractivity contribution >= 4 is 34.4 Å². The number of nitrogens with two attached hydrogens (primary N) is 1. The maximum absolute atomic E-state index is 12.7. The van der Waals surface area contributed by atoms with Gasteiger partial charge in [-0.3, -0.25) is 9.89 Å². The number of aromatic nitrogens is 4. The van der Waals surface area contributed by atoms with Crippen molar-refractivity contribution in [3.05, 3.63) is 54.2 Å². The van der Waals surface area contributed by atoms with E-state index in [4.69, 9.17) is 10.5 Å². The van der Waals surface area contributed by atoms with Gasteiger partial charge in [-0.1, -0.05) is 12.8 Å². The van der Waals surface area contributed by atoms with Gasteiger partial charge in [0.15, 0.2) is 0 Å². The Hall–Kier alpha value is -4.42. The summed E-state index contributed by atoms with van der Waals surface area (Å²) in [6.07, 6.45) is 0.939. The van der Waals surface area contributed by atoms with Crippen molar-refractivity contribution in [3.63, 3.8) is 0 Å². The molecule has 1 saturated carbocycles. The molecule has 0 aliphatic heterocycles. The maximum Gasteiger partial charge on any atom is 0.573 e. The van der Waals surface area contributed by atoms with Crippen LogP contribution in [0.25, 0.3) is 11.0 Å². The Labute approximate surface area is 215 Å². The van der Waals surface area contributed by atoms with Crippen molar-refractivity contribution in [2.75, 3.05) is 17.7 Å². The summed E-state index contributed by atoms with van der Waals surface area (Å²) in [4.78, 5) is 17.1. The van der Waals surface area contributed by atoms with Crippen LogP contribution in [-0.4, -0.2) is 44.7 Å². The minimum Gasteiger partial charge on any atom is -0.492 e. The lowest BCUT2D eigenvalue weighted by Gasteiger charge is -2.13. The SMILES string of the molecule is Nc1nc2ccc(Nc3[nH]ncc3C(=O)NC3CCCC3)cc2n1CCOc1ccc(OC(F)(F)F)cc1. The highest BCUT2D eigenvalue weighted by atomic mass is 19.4. The summed E-state index contributed by atoms with van der Waals surface area (Å²) in [5.74, 6) is 0.630. The second-order valence-corrected chi connectivity index (χ2v) is 8.93. The molecule has 5 N–H and O–H groups in total. The lowest BCUT2D eigenvalue weighted by atomic mass is 10.2. The maximum atomic E-state index is 12.7. The molecule has 4 aromatic rings. The number of ether oxygens (including phenoxy) is 2. The van der Waals surface area contributed by atoms with E-state index >= 15 is 0 Å². The Morgan fingerprint density at radius 2 is 1.87 bits per heavy atom. The zero-order chi connectivity index (χ0) is 26.7. The number of nitrogens with one attached hydrogen (secondary N) is 3. The molecular formula is C25H26F3N7O3. The molecule has 2 heterocycles. The Morgan fingerprint density at radius 3 is 2.61 bits per heavy atom. The number of nitrogens with zero attached hydrogens (tertiary/aromatic N) is 3. The molecule has 0 atom stereocenters. The number of carbonyl (C=O) groups is 1. The molecule has 2 aromatic carbocycles. The first-order valence-electron chi connectivity index (χ1n) is 12.1. The first-order valence-corrected chi connectivity index (χ1v) is 12.1. The van der Waals surface area contributed by atoms with E-state index in [9.17, 15) is 18.0 Å². The zero-order valence-electron chi connectivity index (χ0n) is 20.2. The van der Waals surface area contributed by atoms with E-state index in [-0.39, 0.29) is 30.3 Å². The van der Waals surface area contributed by atoms with E-state index in [1.807, 2.05) is 12.1 Å². The van der Waals surface area contributed by atoms with Crippen LogP contribution >= 0.6 is 0 Å². The number of imidazole rings is 1. The quantitative estimate of drug-likeness (QED) is 0.246. The fourth-order valence-electron chi connectivity index (χ4n) is 4.48. The van der Waals surface area contributed by atoms with E-state index in [1.54, 1.807) is 10.6 Å². The van der Waals surface area contributed by atoms with Gasteiger partial charge in [-0.2, -0.15) is 5.10 Å². The van der Waals surface area contributed by atoms with Crippen molar-refractivity contribution < 1.29 is 27.4 Å². The van der Waals surface area contributed by atoms with Crippen molar-refractivity contribution in [2.45, 2.75) is 44.6 Å². The molecule has 13 heteroatoms. The minimum absolute atomic E-state index is 0.182. The molecule has 0 unspecified atom stereocenters. The number of hydrogen-bond donors (Lipinski definition) is 4. The van der Waals surface area contributed by atoms with Crippen LogP contribution in [0.2, 0.25) is 0 Å². The van der Waals surface area contributed by atoms with Gasteiger partial charge in [0.05, 0.1) is 23.8 Å². The van der Waals surface area contributed by atoms with Gasteiger partial charge in [-0.15, -0.1) is 13.2 Å². The molecule has 0 saturated heterocycles. The third-order valence-corrected chi connectivity index (χ3v) is 6.26. The number of fused-ring (bicyclic) bond motifs is 1. The predicted molar refractivity (Wildman–Crippen MR) is 134 cm³/mol. The van der Waals surface area contributed by atoms with Crippen LogP contribution in [-0.2, 0) is 6.54 Å². The largest absolute Gasteiger partial charge is 0.573 e. The number of halogens is 3. The molecule has 2 aromatic heterocycles. The highest BCUT2D eigenvalue weighted by Crippen LogP contribution is 2.27. The normalized spacial score (nSPS) is 14.1. The zero-order valence-corrected chi connectivity index (χ0v) is 20.2.